The molecule has 1 fully saturated rings. The highest BCUT2D eigenvalue weighted by Gasteiger charge is 2.30. The number of alkyl carbamates (subject to hydrolysis) is 1. The Bertz CT molecular complexity index is 223. The quantitative estimate of drug-likeness (QED) is 0.715. The van der Waals surface area contributed by atoms with Gasteiger partial charge in [0.1, 0.15) is 0 Å². The number of nitrogens with one attached hydrogen (secondary N) is 1. The van der Waals surface area contributed by atoms with Gasteiger partial charge in [0.25, 0.3) is 0 Å². The maximum atomic E-state index is 11.3. The van der Waals surface area contributed by atoms with Crippen LogP contribution in [0.3, 0.4) is 0 Å². The summed E-state index contributed by atoms with van der Waals surface area (Å²) in [4.78, 5) is 22.2. The molecule has 0 aromatic rings. The van der Waals surface area contributed by atoms with Crippen LogP contribution in [0.5, 0.6) is 0 Å². The molecule has 0 radical (unpaired) electrons. The highest BCUT2D eigenvalue weighted by Crippen LogP contribution is 2.17. The zero-order valence-corrected chi connectivity index (χ0v) is 8.41. The van der Waals surface area contributed by atoms with E-state index in [1.165, 1.54) is 14.0 Å². The van der Waals surface area contributed by atoms with Crippen molar-refractivity contribution in [3.8, 4) is 0 Å². The minimum Gasteiger partial charge on any atom is -0.453 e. The van der Waals surface area contributed by atoms with Gasteiger partial charge >= 0.3 is 6.09 Å². The normalized spacial score (nSPS) is 22.9. The molecule has 0 aromatic heterocycles. The predicted octanol–water partition coefficient (Wildman–Crippen LogP) is 0.336. The maximum absolute atomic E-state index is 11.3. The summed E-state index contributed by atoms with van der Waals surface area (Å²) in [6.07, 6.45) is 0.228. The second kappa shape index (κ2) is 4.95. The van der Waals surface area contributed by atoms with E-state index in [1.807, 2.05) is 0 Å². The molecule has 0 aliphatic carbocycles. The van der Waals surface area contributed by atoms with E-state index in [9.17, 15) is 9.59 Å². The largest absolute Gasteiger partial charge is 0.453 e. The molecule has 5 heteroatoms. The zero-order valence-electron chi connectivity index (χ0n) is 8.41. The van der Waals surface area contributed by atoms with Crippen LogP contribution in [-0.2, 0) is 14.3 Å². The number of ketones is 1. The summed E-state index contributed by atoms with van der Waals surface area (Å²) in [5.41, 5.74) is 0. The van der Waals surface area contributed by atoms with Crippen molar-refractivity contribution in [2.75, 3.05) is 20.3 Å². The van der Waals surface area contributed by atoms with Crippen molar-refractivity contribution in [3.63, 3.8) is 0 Å². The molecule has 2 atom stereocenters. The van der Waals surface area contributed by atoms with Gasteiger partial charge in [0.15, 0.2) is 5.78 Å². The lowest BCUT2D eigenvalue weighted by molar-refractivity contribution is -0.120. The number of hydrogen-bond donors (Lipinski definition) is 1. The van der Waals surface area contributed by atoms with Crippen molar-refractivity contribution < 1.29 is 19.1 Å². The minimum absolute atomic E-state index is 0.0640. The first-order chi connectivity index (χ1) is 6.65. The van der Waals surface area contributed by atoms with Gasteiger partial charge in [-0.15, -0.1) is 0 Å². The molecule has 0 aromatic carbocycles. The first-order valence-corrected chi connectivity index (χ1v) is 4.58. The van der Waals surface area contributed by atoms with Gasteiger partial charge in [-0.05, 0) is 13.3 Å². The van der Waals surface area contributed by atoms with Crippen LogP contribution in [-0.4, -0.2) is 38.2 Å². The Labute approximate surface area is 82.8 Å². The van der Waals surface area contributed by atoms with E-state index in [-0.39, 0.29) is 11.7 Å². The monoisotopic (exact) mass is 201 g/mol. The summed E-state index contributed by atoms with van der Waals surface area (Å²) in [7, 11) is 1.28. The van der Waals surface area contributed by atoms with Gasteiger partial charge in [0.2, 0.25) is 0 Å². The third-order valence-electron chi connectivity index (χ3n) is 2.33. The van der Waals surface area contributed by atoms with Crippen LogP contribution in [0.2, 0.25) is 0 Å². The van der Waals surface area contributed by atoms with Gasteiger partial charge in [-0.3, -0.25) is 4.79 Å². The number of Topliss-reactive ketones (excluding diaryl/α,β-unsaturated/α-hetero) is 1. The average molecular weight is 201 g/mol. The molecule has 1 heterocycles. The molecule has 1 unspecified atom stereocenters. The van der Waals surface area contributed by atoms with Crippen LogP contribution >= 0.6 is 0 Å². The predicted molar refractivity (Wildman–Crippen MR) is 48.9 cm³/mol. The summed E-state index contributed by atoms with van der Waals surface area (Å²) in [5, 5.41) is 2.52. The van der Waals surface area contributed by atoms with E-state index in [1.54, 1.807) is 0 Å². The van der Waals surface area contributed by atoms with E-state index < -0.39 is 12.1 Å². The Morgan fingerprint density at radius 3 is 2.71 bits per heavy atom. The number of rotatable bonds is 3. The summed E-state index contributed by atoms with van der Waals surface area (Å²) >= 11 is 0. The van der Waals surface area contributed by atoms with Crippen LogP contribution < -0.4 is 5.32 Å². The molecule has 1 amide bonds. The lowest BCUT2D eigenvalue weighted by atomic mass is 9.96. The Kier molecular flexibility index (Phi) is 3.88. The Morgan fingerprint density at radius 1 is 1.57 bits per heavy atom. The van der Waals surface area contributed by atoms with Gasteiger partial charge in [0.05, 0.1) is 19.8 Å². The number of hydrogen-bond acceptors (Lipinski definition) is 4. The Morgan fingerprint density at radius 2 is 2.29 bits per heavy atom. The average Bonchev–Trinajstić information content (AvgIpc) is 2.65. The van der Waals surface area contributed by atoms with Crippen LogP contribution in [0.15, 0.2) is 0 Å². The molecule has 5 nitrogen and oxygen atoms in total. The van der Waals surface area contributed by atoms with Crippen molar-refractivity contribution in [3.05, 3.63) is 0 Å². The van der Waals surface area contributed by atoms with E-state index in [4.69, 9.17) is 4.74 Å². The van der Waals surface area contributed by atoms with Crippen molar-refractivity contribution in [1.29, 1.82) is 0 Å². The van der Waals surface area contributed by atoms with Crippen LogP contribution in [0.1, 0.15) is 13.3 Å². The van der Waals surface area contributed by atoms with Crippen molar-refractivity contribution >= 4 is 11.9 Å². The summed E-state index contributed by atoms with van der Waals surface area (Å²) in [5.74, 6) is 0.0116. The molecule has 1 N–H and O–H groups in total. The smallest absolute Gasteiger partial charge is 0.407 e. The third-order valence-corrected chi connectivity index (χ3v) is 2.33. The molecule has 1 aliphatic heterocycles. The number of carbonyl (C=O) groups is 2. The standard InChI is InChI=1S/C9H15NO4/c1-6(11)8(10-9(12)13-2)7-3-4-14-5-7/h7-8H,3-5H2,1-2H3,(H,10,12)/t7?,8-/m1/s1. The van der Waals surface area contributed by atoms with E-state index in [0.29, 0.717) is 13.2 Å². The number of ether oxygens (including phenoxy) is 2. The summed E-state index contributed by atoms with van der Waals surface area (Å²) < 4.78 is 9.61. The maximum Gasteiger partial charge on any atom is 0.407 e. The molecule has 14 heavy (non-hydrogen) atoms. The number of amides is 1. The van der Waals surface area contributed by atoms with Crippen LogP contribution in [0.4, 0.5) is 4.79 Å². The molecular formula is C9H15NO4. The van der Waals surface area contributed by atoms with E-state index >= 15 is 0 Å². The summed E-state index contributed by atoms with van der Waals surface area (Å²) in [6, 6.07) is -0.482. The second-order valence-corrected chi connectivity index (χ2v) is 3.35. The van der Waals surface area contributed by atoms with E-state index in [2.05, 4.69) is 10.1 Å². The second-order valence-electron chi connectivity index (χ2n) is 3.35. The van der Waals surface area contributed by atoms with E-state index in [0.717, 1.165) is 6.42 Å². The molecular weight excluding hydrogens is 186 g/mol. The lowest BCUT2D eigenvalue weighted by Gasteiger charge is -2.19. The SMILES string of the molecule is COC(=O)N[C@H](C(C)=O)C1CCOC1. The zero-order chi connectivity index (χ0) is 10.6. The van der Waals surface area contributed by atoms with Gasteiger partial charge in [0, 0.05) is 12.5 Å². The summed E-state index contributed by atoms with van der Waals surface area (Å²) in [6.45, 7) is 2.63. The molecule has 1 saturated heterocycles. The van der Waals surface area contributed by atoms with Gasteiger partial charge in [-0.1, -0.05) is 0 Å². The topological polar surface area (TPSA) is 64.6 Å². The van der Waals surface area contributed by atoms with Gasteiger partial charge in [-0.2, -0.15) is 0 Å². The van der Waals surface area contributed by atoms with Crippen molar-refractivity contribution in [1.82, 2.24) is 5.32 Å². The lowest BCUT2D eigenvalue weighted by Crippen LogP contribution is -2.45. The minimum atomic E-state index is -0.572. The fourth-order valence-corrected chi connectivity index (χ4v) is 1.55. The molecule has 0 spiro atoms. The van der Waals surface area contributed by atoms with Crippen molar-refractivity contribution in [2.45, 2.75) is 19.4 Å². The highest BCUT2D eigenvalue weighted by molar-refractivity contribution is 5.85. The number of carbonyl (C=O) groups excluding carboxylic acids is 2. The Hall–Kier alpha value is -1.10. The first kappa shape index (κ1) is 11.0. The third kappa shape index (κ3) is 2.70. The van der Waals surface area contributed by atoms with Crippen LogP contribution in [0.25, 0.3) is 0 Å². The van der Waals surface area contributed by atoms with Crippen molar-refractivity contribution in [2.24, 2.45) is 5.92 Å². The molecule has 0 saturated carbocycles. The van der Waals surface area contributed by atoms with Gasteiger partial charge < -0.3 is 14.8 Å². The molecule has 1 rings (SSSR count). The highest BCUT2D eigenvalue weighted by atomic mass is 16.5. The fraction of sp³-hybridized carbons (Fsp3) is 0.778. The molecule has 0 bridgehead atoms. The molecule has 80 valence electrons. The number of methoxy groups -OCH3 is 1. The first-order valence-electron chi connectivity index (χ1n) is 4.58. The Balaban J connectivity index is 2.54. The molecule has 1 aliphatic rings. The fourth-order valence-electron chi connectivity index (χ4n) is 1.55. The van der Waals surface area contributed by atoms with Crippen LogP contribution in [0, 0.1) is 5.92 Å². The van der Waals surface area contributed by atoms with Gasteiger partial charge in [-0.25, -0.2) is 4.79 Å².